The Morgan fingerprint density at radius 3 is 2.86 bits per heavy atom. The van der Waals surface area contributed by atoms with Crippen molar-refractivity contribution in [2.45, 2.75) is 13.5 Å². The van der Waals surface area contributed by atoms with Crippen LogP contribution in [0.4, 0.5) is 5.69 Å². The van der Waals surface area contributed by atoms with Gasteiger partial charge in [-0.25, -0.2) is 4.98 Å². The van der Waals surface area contributed by atoms with Gasteiger partial charge in [-0.2, -0.15) is 5.10 Å². The second-order valence-electron chi connectivity index (χ2n) is 6.53. The van der Waals surface area contributed by atoms with Crippen molar-refractivity contribution in [2.24, 2.45) is 7.05 Å². The normalized spacial score (nSPS) is 11.1. The molecule has 0 spiro atoms. The molecule has 0 fully saturated rings. The molecule has 3 heterocycles. The van der Waals surface area contributed by atoms with E-state index in [1.165, 1.54) is 0 Å². The molecule has 7 heteroatoms. The Balaban J connectivity index is 1.78. The Hall–Kier alpha value is -3.03. The molecule has 0 radical (unpaired) electrons. The van der Waals surface area contributed by atoms with Gasteiger partial charge in [-0.05, 0) is 42.1 Å². The van der Waals surface area contributed by atoms with Crippen molar-refractivity contribution in [3.63, 3.8) is 0 Å². The summed E-state index contributed by atoms with van der Waals surface area (Å²) in [4.78, 5) is 18.9. The fraction of sp³-hybridized carbons (Fsp3) is 0.190. The average Bonchev–Trinajstić information content (AvgIpc) is 3.31. The van der Waals surface area contributed by atoms with E-state index in [0.29, 0.717) is 17.8 Å². The van der Waals surface area contributed by atoms with Crippen molar-refractivity contribution < 1.29 is 9.53 Å². The molecular formula is C21H20N4O2S. The maximum Gasteiger partial charge on any atom is 0.256 e. The highest BCUT2D eigenvalue weighted by Crippen LogP contribution is 2.29. The fourth-order valence-corrected chi connectivity index (χ4v) is 3.96. The van der Waals surface area contributed by atoms with Crippen LogP contribution in [0, 0.1) is 6.92 Å². The molecule has 0 aliphatic rings. The molecule has 4 rings (SSSR count). The monoisotopic (exact) mass is 392 g/mol. The summed E-state index contributed by atoms with van der Waals surface area (Å²) in [5.41, 5.74) is 4.53. The number of anilines is 1. The highest BCUT2D eigenvalue weighted by molar-refractivity contribution is 7.13. The molecule has 0 unspecified atom stereocenters. The number of carbonyl (C=O) groups excluding carboxylic acids is 1. The number of methoxy groups -OCH3 is 1. The van der Waals surface area contributed by atoms with Crippen LogP contribution < -0.4 is 5.32 Å². The van der Waals surface area contributed by atoms with Crippen LogP contribution in [-0.2, 0) is 18.4 Å². The Bertz CT molecular complexity index is 1150. The lowest BCUT2D eigenvalue weighted by Crippen LogP contribution is -2.13. The number of amides is 1. The lowest BCUT2D eigenvalue weighted by molar-refractivity contribution is 0.102. The Morgan fingerprint density at radius 2 is 2.11 bits per heavy atom. The van der Waals surface area contributed by atoms with Gasteiger partial charge in [-0.3, -0.25) is 9.48 Å². The number of aromatic nitrogens is 3. The van der Waals surface area contributed by atoms with Crippen molar-refractivity contribution in [1.82, 2.24) is 14.8 Å². The highest BCUT2D eigenvalue weighted by atomic mass is 32.1. The van der Waals surface area contributed by atoms with Crippen molar-refractivity contribution >= 4 is 34.0 Å². The topological polar surface area (TPSA) is 69.0 Å². The van der Waals surface area contributed by atoms with Gasteiger partial charge in [0.15, 0.2) is 5.65 Å². The number of benzene rings is 1. The van der Waals surface area contributed by atoms with Gasteiger partial charge in [0.2, 0.25) is 0 Å². The largest absolute Gasteiger partial charge is 0.380 e. The standard InChI is InChI=1S/C21H20N4O2S/c1-13-19-16(21(26)22-15-7-4-6-14(10-15)12-27-3)11-17(18-8-5-9-28-18)23-20(19)25(2)24-13/h4-11H,12H2,1-3H3,(H,22,26). The van der Waals surface area contributed by atoms with Gasteiger partial charge in [-0.1, -0.05) is 18.2 Å². The van der Waals surface area contributed by atoms with Crippen molar-refractivity contribution in [3.05, 3.63) is 64.7 Å². The molecule has 142 valence electrons. The van der Waals surface area contributed by atoms with E-state index in [-0.39, 0.29) is 5.91 Å². The first-order valence-corrected chi connectivity index (χ1v) is 9.72. The van der Waals surface area contributed by atoms with Crippen LogP contribution in [0.5, 0.6) is 0 Å². The van der Waals surface area contributed by atoms with E-state index in [9.17, 15) is 4.79 Å². The second-order valence-corrected chi connectivity index (χ2v) is 7.48. The first kappa shape index (κ1) is 18.3. The lowest BCUT2D eigenvalue weighted by atomic mass is 10.1. The van der Waals surface area contributed by atoms with Gasteiger partial charge in [-0.15, -0.1) is 11.3 Å². The summed E-state index contributed by atoms with van der Waals surface area (Å²) in [6.45, 7) is 2.39. The van der Waals surface area contributed by atoms with Crippen LogP contribution in [0.2, 0.25) is 0 Å². The fourth-order valence-electron chi connectivity index (χ4n) is 3.28. The van der Waals surface area contributed by atoms with Gasteiger partial charge < -0.3 is 10.1 Å². The number of hydrogen-bond acceptors (Lipinski definition) is 5. The molecule has 0 saturated carbocycles. The third-order valence-corrected chi connectivity index (χ3v) is 5.38. The molecule has 1 aromatic carbocycles. The molecule has 0 aliphatic heterocycles. The zero-order valence-corrected chi connectivity index (χ0v) is 16.7. The zero-order chi connectivity index (χ0) is 19.7. The van der Waals surface area contributed by atoms with Crippen LogP contribution >= 0.6 is 11.3 Å². The predicted octanol–water partition coefficient (Wildman–Crippen LogP) is 4.40. The molecule has 28 heavy (non-hydrogen) atoms. The molecule has 0 atom stereocenters. The maximum absolute atomic E-state index is 13.2. The lowest BCUT2D eigenvalue weighted by Gasteiger charge is -2.10. The van der Waals surface area contributed by atoms with Crippen LogP contribution in [0.1, 0.15) is 21.6 Å². The van der Waals surface area contributed by atoms with Gasteiger partial charge in [0.1, 0.15) is 0 Å². The summed E-state index contributed by atoms with van der Waals surface area (Å²) < 4.78 is 6.89. The molecule has 4 aromatic rings. The number of rotatable bonds is 5. The molecule has 6 nitrogen and oxygen atoms in total. The van der Waals surface area contributed by atoms with Crippen molar-refractivity contribution in [1.29, 1.82) is 0 Å². The molecule has 0 saturated heterocycles. The minimum Gasteiger partial charge on any atom is -0.380 e. The number of nitrogens with zero attached hydrogens (tertiary/aromatic N) is 3. The van der Waals surface area contributed by atoms with Gasteiger partial charge in [0.25, 0.3) is 5.91 Å². The average molecular weight is 392 g/mol. The minimum atomic E-state index is -0.184. The van der Waals surface area contributed by atoms with Crippen LogP contribution in [0.15, 0.2) is 47.8 Å². The maximum atomic E-state index is 13.2. The van der Waals surface area contributed by atoms with Gasteiger partial charge >= 0.3 is 0 Å². The van der Waals surface area contributed by atoms with Crippen LogP contribution in [0.25, 0.3) is 21.6 Å². The molecule has 0 aliphatic carbocycles. The van der Waals surface area contributed by atoms with Crippen LogP contribution in [0.3, 0.4) is 0 Å². The quantitative estimate of drug-likeness (QED) is 0.546. The van der Waals surface area contributed by atoms with Crippen LogP contribution in [-0.4, -0.2) is 27.8 Å². The number of pyridine rings is 1. The first-order chi connectivity index (χ1) is 13.6. The number of ether oxygens (including phenoxy) is 1. The number of fused-ring (bicyclic) bond motifs is 1. The smallest absolute Gasteiger partial charge is 0.256 e. The molecule has 0 bridgehead atoms. The molecule has 1 N–H and O–H groups in total. The van der Waals surface area contributed by atoms with Gasteiger partial charge in [0, 0.05) is 19.8 Å². The predicted molar refractivity (Wildman–Crippen MR) is 112 cm³/mol. The Morgan fingerprint density at radius 1 is 1.25 bits per heavy atom. The molecule has 1 amide bonds. The summed E-state index contributed by atoms with van der Waals surface area (Å²) in [5, 5.41) is 10.2. The number of hydrogen-bond donors (Lipinski definition) is 1. The number of nitrogens with one attached hydrogen (secondary N) is 1. The van der Waals surface area contributed by atoms with E-state index in [4.69, 9.17) is 9.72 Å². The summed E-state index contributed by atoms with van der Waals surface area (Å²) in [6.07, 6.45) is 0. The van der Waals surface area contributed by atoms with E-state index in [0.717, 1.165) is 32.9 Å². The highest BCUT2D eigenvalue weighted by Gasteiger charge is 2.19. The number of aryl methyl sites for hydroxylation is 2. The molecular weight excluding hydrogens is 372 g/mol. The Kier molecular flexibility index (Phi) is 4.93. The second kappa shape index (κ2) is 7.53. The van der Waals surface area contributed by atoms with E-state index in [1.54, 1.807) is 23.1 Å². The SMILES string of the molecule is COCc1cccc(NC(=O)c2cc(-c3cccs3)nc3c2c(C)nn3C)c1. The third kappa shape index (κ3) is 3.42. The summed E-state index contributed by atoms with van der Waals surface area (Å²) >= 11 is 1.59. The van der Waals surface area contributed by atoms with E-state index in [2.05, 4.69) is 10.4 Å². The minimum absolute atomic E-state index is 0.184. The third-order valence-electron chi connectivity index (χ3n) is 4.48. The summed E-state index contributed by atoms with van der Waals surface area (Å²) in [6, 6.07) is 13.5. The van der Waals surface area contributed by atoms with Gasteiger partial charge in [0.05, 0.1) is 33.8 Å². The number of carbonyl (C=O) groups is 1. The van der Waals surface area contributed by atoms with Crippen molar-refractivity contribution in [2.75, 3.05) is 12.4 Å². The zero-order valence-electron chi connectivity index (χ0n) is 15.9. The van der Waals surface area contributed by atoms with E-state index in [1.807, 2.05) is 61.8 Å². The molecule has 3 aromatic heterocycles. The summed E-state index contributed by atoms with van der Waals surface area (Å²) in [5.74, 6) is -0.184. The first-order valence-electron chi connectivity index (χ1n) is 8.84. The van der Waals surface area contributed by atoms with Crippen molar-refractivity contribution in [3.8, 4) is 10.6 Å². The van der Waals surface area contributed by atoms with E-state index < -0.39 is 0 Å². The Labute approximate surface area is 166 Å². The van der Waals surface area contributed by atoms with E-state index >= 15 is 0 Å². The number of thiophene rings is 1. The summed E-state index contributed by atoms with van der Waals surface area (Å²) in [7, 11) is 3.49.